The minimum absolute atomic E-state index is 0.0622. The van der Waals surface area contributed by atoms with Crippen LogP contribution in [0.25, 0.3) is 21.6 Å². The number of hydrogen-bond donors (Lipinski definition) is 1. The van der Waals surface area contributed by atoms with Crippen molar-refractivity contribution < 1.29 is 4.79 Å². The van der Waals surface area contributed by atoms with Gasteiger partial charge in [0.2, 0.25) is 5.91 Å². The predicted molar refractivity (Wildman–Crippen MR) is 97.6 cm³/mol. The zero-order valence-corrected chi connectivity index (χ0v) is 14.9. The zero-order valence-electron chi connectivity index (χ0n) is 13.3. The van der Waals surface area contributed by atoms with Gasteiger partial charge in [-0.1, -0.05) is 23.7 Å². The van der Waals surface area contributed by atoms with E-state index in [1.807, 2.05) is 32.0 Å². The second-order valence-electron chi connectivity index (χ2n) is 5.55. The molecular weight excluding hydrogens is 346 g/mol. The van der Waals surface area contributed by atoms with Crippen LogP contribution in [0.1, 0.15) is 16.9 Å². The Bertz CT molecular complexity index is 1010. The molecule has 0 fully saturated rings. The number of primary amides is 1. The number of rotatable bonds is 4. The molecule has 1 amide bonds. The normalized spacial score (nSPS) is 11.1. The molecule has 0 spiro atoms. The number of nitrogens with two attached hydrogens (primary N) is 1. The number of aromatic nitrogens is 2. The van der Waals surface area contributed by atoms with Crippen molar-refractivity contribution in [2.24, 2.45) is 5.73 Å². The molecular formula is C17H16ClN3O2S. The first kappa shape index (κ1) is 16.7. The molecule has 1 aromatic carbocycles. The Balaban J connectivity index is 2.34. The molecule has 2 aromatic heterocycles. The lowest BCUT2D eigenvalue weighted by Gasteiger charge is -2.13. The second kappa shape index (κ2) is 6.37. The van der Waals surface area contributed by atoms with Crippen molar-refractivity contribution >= 4 is 39.1 Å². The van der Waals surface area contributed by atoms with E-state index in [0.29, 0.717) is 26.6 Å². The van der Waals surface area contributed by atoms with E-state index in [2.05, 4.69) is 4.98 Å². The molecule has 0 unspecified atom stereocenters. The summed E-state index contributed by atoms with van der Waals surface area (Å²) >= 11 is 7.77. The monoisotopic (exact) mass is 361 g/mol. The van der Waals surface area contributed by atoms with Gasteiger partial charge in [-0.2, -0.15) is 0 Å². The van der Waals surface area contributed by atoms with E-state index >= 15 is 0 Å². The summed E-state index contributed by atoms with van der Waals surface area (Å²) in [4.78, 5) is 30.6. The molecule has 7 heteroatoms. The quantitative estimate of drug-likeness (QED) is 0.774. The zero-order chi connectivity index (χ0) is 17.4. The van der Waals surface area contributed by atoms with E-state index in [1.54, 1.807) is 6.07 Å². The summed E-state index contributed by atoms with van der Waals surface area (Å²) in [7, 11) is 0. The number of hydrogen-bond acceptors (Lipinski definition) is 4. The Kier molecular flexibility index (Phi) is 4.43. The molecule has 0 bridgehead atoms. The first-order chi connectivity index (χ1) is 11.4. The fourth-order valence-corrected chi connectivity index (χ4v) is 3.84. The number of halogens is 1. The van der Waals surface area contributed by atoms with Gasteiger partial charge in [-0.05, 0) is 31.5 Å². The van der Waals surface area contributed by atoms with Crippen LogP contribution in [0.15, 0.2) is 29.1 Å². The number of carbonyl (C=O) groups is 1. The van der Waals surface area contributed by atoms with Gasteiger partial charge in [0.1, 0.15) is 10.7 Å². The van der Waals surface area contributed by atoms with Crippen molar-refractivity contribution in [3.63, 3.8) is 0 Å². The molecule has 0 aliphatic rings. The molecule has 0 saturated heterocycles. The van der Waals surface area contributed by atoms with Gasteiger partial charge in [-0.25, -0.2) is 4.98 Å². The van der Waals surface area contributed by atoms with Crippen molar-refractivity contribution in [1.29, 1.82) is 0 Å². The highest BCUT2D eigenvalue weighted by molar-refractivity contribution is 7.18. The molecule has 0 aliphatic heterocycles. The minimum atomic E-state index is -0.467. The molecule has 0 atom stereocenters. The molecule has 5 nitrogen and oxygen atoms in total. The van der Waals surface area contributed by atoms with Crippen LogP contribution in [0.3, 0.4) is 0 Å². The van der Waals surface area contributed by atoms with Gasteiger partial charge in [0.15, 0.2) is 0 Å². The van der Waals surface area contributed by atoms with Gasteiger partial charge in [0, 0.05) is 23.4 Å². The van der Waals surface area contributed by atoms with Crippen LogP contribution in [0.2, 0.25) is 5.02 Å². The summed E-state index contributed by atoms with van der Waals surface area (Å²) in [6, 6.07) is 7.21. The average Bonchev–Trinajstić information content (AvgIpc) is 2.81. The lowest BCUT2D eigenvalue weighted by Crippen LogP contribution is -2.26. The van der Waals surface area contributed by atoms with Gasteiger partial charge < -0.3 is 5.73 Å². The molecule has 0 aliphatic carbocycles. The summed E-state index contributed by atoms with van der Waals surface area (Å²) in [6.45, 7) is 4.04. The maximum Gasteiger partial charge on any atom is 0.262 e. The molecule has 24 heavy (non-hydrogen) atoms. The van der Waals surface area contributed by atoms with Gasteiger partial charge in [-0.15, -0.1) is 11.3 Å². The number of benzene rings is 1. The Morgan fingerprint density at radius 1 is 1.33 bits per heavy atom. The molecule has 124 valence electrons. The smallest absolute Gasteiger partial charge is 0.262 e. The van der Waals surface area contributed by atoms with Crippen LogP contribution in [0.5, 0.6) is 0 Å². The largest absolute Gasteiger partial charge is 0.370 e. The summed E-state index contributed by atoms with van der Waals surface area (Å²) in [5, 5.41) is 1.10. The topological polar surface area (TPSA) is 78.0 Å². The average molecular weight is 362 g/mol. The van der Waals surface area contributed by atoms with E-state index in [0.717, 1.165) is 10.4 Å². The van der Waals surface area contributed by atoms with E-state index in [9.17, 15) is 9.59 Å². The first-order valence-corrected chi connectivity index (χ1v) is 8.63. The fourth-order valence-electron chi connectivity index (χ4n) is 2.60. The number of fused-ring (bicyclic) bond motifs is 1. The number of amides is 1. The standard InChI is InChI=1S/C17H16ClN3O2S/c1-9-10(2)24-16-14(9)17(23)21(8-7-13(19)22)15(20-16)11-5-3-4-6-12(11)18/h3-6H,7-8H2,1-2H3,(H2,19,22). The van der Waals surface area contributed by atoms with Crippen molar-refractivity contribution in [2.75, 3.05) is 0 Å². The lowest BCUT2D eigenvalue weighted by molar-refractivity contribution is -0.118. The van der Waals surface area contributed by atoms with Gasteiger partial charge in [-0.3, -0.25) is 14.2 Å². The molecule has 2 heterocycles. The maximum absolute atomic E-state index is 13.0. The molecule has 2 N–H and O–H groups in total. The van der Waals surface area contributed by atoms with E-state index < -0.39 is 5.91 Å². The third-order valence-corrected chi connectivity index (χ3v) is 5.42. The molecule has 3 aromatic rings. The van der Waals surface area contributed by atoms with E-state index in [-0.39, 0.29) is 18.5 Å². The van der Waals surface area contributed by atoms with Crippen LogP contribution < -0.4 is 11.3 Å². The lowest BCUT2D eigenvalue weighted by atomic mass is 10.1. The van der Waals surface area contributed by atoms with E-state index in [1.165, 1.54) is 15.9 Å². The SMILES string of the molecule is Cc1sc2nc(-c3ccccc3Cl)n(CCC(N)=O)c(=O)c2c1C. The summed E-state index contributed by atoms with van der Waals surface area (Å²) < 4.78 is 1.49. The van der Waals surface area contributed by atoms with Crippen molar-refractivity contribution in [1.82, 2.24) is 9.55 Å². The molecule has 0 saturated carbocycles. The number of nitrogens with zero attached hydrogens (tertiary/aromatic N) is 2. The van der Waals surface area contributed by atoms with Crippen LogP contribution in [0, 0.1) is 13.8 Å². The molecule has 0 radical (unpaired) electrons. The van der Waals surface area contributed by atoms with Gasteiger partial charge in [0.25, 0.3) is 5.56 Å². The molecule has 3 rings (SSSR count). The Morgan fingerprint density at radius 2 is 2.04 bits per heavy atom. The Hall–Kier alpha value is -2.18. The van der Waals surface area contributed by atoms with Crippen molar-refractivity contribution in [2.45, 2.75) is 26.8 Å². The highest BCUT2D eigenvalue weighted by Gasteiger charge is 2.19. The number of carbonyl (C=O) groups excluding carboxylic acids is 1. The summed E-state index contributed by atoms with van der Waals surface area (Å²) in [5.41, 5.74) is 6.67. The van der Waals surface area contributed by atoms with E-state index in [4.69, 9.17) is 17.3 Å². The van der Waals surface area contributed by atoms with Gasteiger partial charge in [0.05, 0.1) is 10.4 Å². The fraction of sp³-hybridized carbons (Fsp3) is 0.235. The third kappa shape index (κ3) is 2.83. The van der Waals surface area contributed by atoms with Crippen LogP contribution in [0.4, 0.5) is 0 Å². The predicted octanol–water partition coefficient (Wildman–Crippen LogP) is 3.27. The highest BCUT2D eigenvalue weighted by Crippen LogP contribution is 2.31. The van der Waals surface area contributed by atoms with Crippen molar-refractivity contribution in [3.8, 4) is 11.4 Å². The number of thiophene rings is 1. The van der Waals surface area contributed by atoms with Crippen LogP contribution >= 0.6 is 22.9 Å². The van der Waals surface area contributed by atoms with Crippen molar-refractivity contribution in [3.05, 3.63) is 50.1 Å². The first-order valence-electron chi connectivity index (χ1n) is 7.44. The Morgan fingerprint density at radius 3 is 2.71 bits per heavy atom. The third-order valence-electron chi connectivity index (χ3n) is 3.99. The summed E-state index contributed by atoms with van der Waals surface area (Å²) in [6.07, 6.45) is 0.0622. The second-order valence-corrected chi connectivity index (χ2v) is 7.16. The van der Waals surface area contributed by atoms with Crippen LogP contribution in [-0.4, -0.2) is 15.5 Å². The Labute approximate surface area is 147 Å². The maximum atomic E-state index is 13.0. The highest BCUT2D eigenvalue weighted by atomic mass is 35.5. The minimum Gasteiger partial charge on any atom is -0.370 e. The number of aryl methyl sites for hydroxylation is 2. The van der Waals surface area contributed by atoms with Gasteiger partial charge >= 0.3 is 0 Å². The summed E-state index contributed by atoms with van der Waals surface area (Å²) in [5.74, 6) is -0.00840. The van der Waals surface area contributed by atoms with Crippen LogP contribution in [-0.2, 0) is 11.3 Å².